The third kappa shape index (κ3) is 5.28. The molecule has 1 aliphatic heterocycles. The minimum atomic E-state index is -3.48. The molecule has 0 spiro atoms. The number of carbonyl (C=O) groups excluding carboxylic acids is 1. The first-order chi connectivity index (χ1) is 12.1. The molecule has 0 bridgehead atoms. The lowest BCUT2D eigenvalue weighted by Crippen LogP contribution is -2.35. The van der Waals surface area contributed by atoms with Crippen LogP contribution in [0.15, 0.2) is 29.2 Å². The fourth-order valence-corrected chi connectivity index (χ4v) is 4.41. The van der Waals surface area contributed by atoms with Gasteiger partial charge in [-0.05, 0) is 48.9 Å². The summed E-state index contributed by atoms with van der Waals surface area (Å²) in [6, 6.07) is 6.05. The third-order valence-electron chi connectivity index (χ3n) is 4.77. The standard InChI is InChI=1S/C19H30N2O4S/c1-19(2,3)17(22)11-12-20-18(23)15-7-9-16(10-8-15)26(24,25)21-13-5-4-6-14-21/h7-10,17,22H,4-6,11-14H2,1-3H3,(H,20,23). The smallest absolute Gasteiger partial charge is 0.251 e. The van der Waals surface area contributed by atoms with Gasteiger partial charge in [-0.3, -0.25) is 4.79 Å². The van der Waals surface area contributed by atoms with E-state index in [2.05, 4.69) is 5.32 Å². The van der Waals surface area contributed by atoms with Gasteiger partial charge in [0.15, 0.2) is 0 Å². The molecule has 1 heterocycles. The molecule has 26 heavy (non-hydrogen) atoms. The molecule has 7 heteroatoms. The number of aliphatic hydroxyl groups excluding tert-OH is 1. The van der Waals surface area contributed by atoms with Crippen molar-refractivity contribution >= 4 is 15.9 Å². The fraction of sp³-hybridized carbons (Fsp3) is 0.632. The van der Waals surface area contributed by atoms with E-state index < -0.39 is 16.1 Å². The van der Waals surface area contributed by atoms with Crippen LogP contribution in [0.1, 0.15) is 56.8 Å². The summed E-state index contributed by atoms with van der Waals surface area (Å²) >= 11 is 0. The number of carbonyl (C=O) groups is 1. The molecule has 1 unspecified atom stereocenters. The molecule has 0 saturated carbocycles. The van der Waals surface area contributed by atoms with Crippen molar-refractivity contribution < 1.29 is 18.3 Å². The van der Waals surface area contributed by atoms with Gasteiger partial charge in [0.25, 0.3) is 5.91 Å². The minimum Gasteiger partial charge on any atom is -0.393 e. The first-order valence-corrected chi connectivity index (χ1v) is 10.6. The number of rotatable bonds is 6. The minimum absolute atomic E-state index is 0.221. The second-order valence-electron chi connectivity index (χ2n) is 7.92. The van der Waals surface area contributed by atoms with Crippen molar-refractivity contribution in [2.45, 2.75) is 57.5 Å². The molecule has 2 N–H and O–H groups in total. The summed E-state index contributed by atoms with van der Waals surface area (Å²) in [5, 5.41) is 12.8. The molecule has 1 atom stereocenters. The van der Waals surface area contributed by atoms with Gasteiger partial charge in [-0.1, -0.05) is 27.2 Å². The van der Waals surface area contributed by atoms with Crippen LogP contribution in [0.5, 0.6) is 0 Å². The Balaban J connectivity index is 1.95. The average molecular weight is 383 g/mol. The van der Waals surface area contributed by atoms with Gasteiger partial charge in [-0.25, -0.2) is 8.42 Å². The lowest BCUT2D eigenvalue weighted by Gasteiger charge is -2.26. The zero-order chi connectivity index (χ0) is 19.4. The molecule has 0 aromatic heterocycles. The van der Waals surface area contributed by atoms with Crippen LogP contribution in [0.2, 0.25) is 0 Å². The largest absolute Gasteiger partial charge is 0.393 e. The summed E-state index contributed by atoms with van der Waals surface area (Å²) in [6.45, 7) is 7.31. The quantitative estimate of drug-likeness (QED) is 0.791. The van der Waals surface area contributed by atoms with Gasteiger partial charge in [-0.15, -0.1) is 0 Å². The molecular weight excluding hydrogens is 352 g/mol. The average Bonchev–Trinajstić information content (AvgIpc) is 2.61. The topological polar surface area (TPSA) is 86.7 Å². The fourth-order valence-electron chi connectivity index (χ4n) is 2.89. The predicted octanol–water partition coefficient (Wildman–Crippen LogP) is 2.39. The van der Waals surface area contributed by atoms with Crippen LogP contribution in [0.4, 0.5) is 0 Å². The Labute approximate surface area is 156 Å². The highest BCUT2D eigenvalue weighted by Crippen LogP contribution is 2.22. The SMILES string of the molecule is CC(C)(C)C(O)CCNC(=O)c1ccc(S(=O)(=O)N2CCCCC2)cc1. The van der Waals surface area contributed by atoms with Crippen LogP contribution in [0, 0.1) is 5.41 Å². The molecule has 2 rings (SSSR count). The van der Waals surface area contributed by atoms with E-state index in [1.165, 1.54) is 28.6 Å². The number of piperidine rings is 1. The van der Waals surface area contributed by atoms with Crippen molar-refractivity contribution in [2.75, 3.05) is 19.6 Å². The third-order valence-corrected chi connectivity index (χ3v) is 6.69. The normalized spacial score (nSPS) is 17.7. The highest BCUT2D eigenvalue weighted by Gasteiger charge is 2.26. The molecule has 1 saturated heterocycles. The maximum absolute atomic E-state index is 12.6. The van der Waals surface area contributed by atoms with Crippen molar-refractivity contribution in [1.82, 2.24) is 9.62 Å². The van der Waals surface area contributed by atoms with Crippen molar-refractivity contribution in [2.24, 2.45) is 5.41 Å². The van der Waals surface area contributed by atoms with Gasteiger partial charge >= 0.3 is 0 Å². The monoisotopic (exact) mass is 382 g/mol. The molecule has 1 aromatic rings. The number of nitrogens with one attached hydrogen (secondary N) is 1. The van der Waals surface area contributed by atoms with E-state index in [1.54, 1.807) is 0 Å². The van der Waals surface area contributed by atoms with Gasteiger partial charge in [0, 0.05) is 25.2 Å². The first-order valence-electron chi connectivity index (χ1n) is 9.19. The maximum atomic E-state index is 12.6. The Kier molecular flexibility index (Phi) is 6.82. The van der Waals surface area contributed by atoms with Gasteiger partial charge < -0.3 is 10.4 Å². The van der Waals surface area contributed by atoms with Crippen molar-refractivity contribution in [1.29, 1.82) is 0 Å². The van der Waals surface area contributed by atoms with Crippen LogP contribution in [0.3, 0.4) is 0 Å². The molecule has 1 fully saturated rings. The van der Waals surface area contributed by atoms with Crippen molar-refractivity contribution in [3.63, 3.8) is 0 Å². The van der Waals surface area contributed by atoms with E-state index in [0.717, 1.165) is 19.3 Å². The van der Waals surface area contributed by atoms with Crippen LogP contribution in [-0.2, 0) is 10.0 Å². The second-order valence-corrected chi connectivity index (χ2v) is 9.85. The van der Waals surface area contributed by atoms with Gasteiger partial charge in [-0.2, -0.15) is 4.31 Å². The number of sulfonamides is 1. The van der Waals surface area contributed by atoms with Crippen molar-refractivity contribution in [3.8, 4) is 0 Å². The summed E-state index contributed by atoms with van der Waals surface area (Å²) in [6.07, 6.45) is 2.81. The molecular formula is C19H30N2O4S. The van der Waals surface area contributed by atoms with E-state index in [4.69, 9.17) is 0 Å². The molecule has 146 valence electrons. The number of aliphatic hydroxyl groups is 1. The van der Waals surface area contributed by atoms with Crippen LogP contribution >= 0.6 is 0 Å². The zero-order valence-electron chi connectivity index (χ0n) is 15.9. The van der Waals surface area contributed by atoms with E-state index in [1.807, 2.05) is 20.8 Å². The summed E-state index contributed by atoms with van der Waals surface area (Å²) in [4.78, 5) is 12.4. The number of benzene rings is 1. The summed E-state index contributed by atoms with van der Waals surface area (Å²) in [7, 11) is -3.48. The predicted molar refractivity (Wildman–Crippen MR) is 101 cm³/mol. The summed E-state index contributed by atoms with van der Waals surface area (Å²) in [5.74, 6) is -0.270. The Morgan fingerprint density at radius 2 is 1.73 bits per heavy atom. The maximum Gasteiger partial charge on any atom is 0.251 e. The van der Waals surface area contributed by atoms with Gasteiger partial charge in [0.2, 0.25) is 10.0 Å². The van der Waals surface area contributed by atoms with Crippen LogP contribution in [0.25, 0.3) is 0 Å². The second kappa shape index (κ2) is 8.50. The van der Waals surface area contributed by atoms with Crippen LogP contribution in [-0.4, -0.2) is 49.5 Å². The summed E-state index contributed by atoms with van der Waals surface area (Å²) < 4.78 is 26.7. The Morgan fingerprint density at radius 3 is 2.27 bits per heavy atom. The van der Waals surface area contributed by atoms with Crippen molar-refractivity contribution in [3.05, 3.63) is 29.8 Å². The lowest BCUT2D eigenvalue weighted by molar-refractivity contribution is 0.0551. The Morgan fingerprint density at radius 1 is 1.15 bits per heavy atom. The van der Waals surface area contributed by atoms with E-state index >= 15 is 0 Å². The van der Waals surface area contributed by atoms with Gasteiger partial charge in [0.05, 0.1) is 11.0 Å². The zero-order valence-corrected chi connectivity index (χ0v) is 16.7. The van der Waals surface area contributed by atoms with E-state index in [-0.39, 0.29) is 16.2 Å². The molecule has 1 amide bonds. The highest BCUT2D eigenvalue weighted by molar-refractivity contribution is 7.89. The molecule has 1 aliphatic rings. The molecule has 6 nitrogen and oxygen atoms in total. The number of nitrogens with zero attached hydrogens (tertiary/aromatic N) is 1. The van der Waals surface area contributed by atoms with Gasteiger partial charge in [0.1, 0.15) is 0 Å². The highest BCUT2D eigenvalue weighted by atomic mass is 32.2. The van der Waals surface area contributed by atoms with E-state index in [0.29, 0.717) is 31.6 Å². The first kappa shape index (κ1) is 20.9. The number of hydrogen-bond acceptors (Lipinski definition) is 4. The Hall–Kier alpha value is -1.44. The lowest BCUT2D eigenvalue weighted by atomic mass is 9.87. The Bertz CT molecular complexity index is 702. The number of amides is 1. The molecule has 0 aliphatic carbocycles. The molecule has 1 aromatic carbocycles. The number of hydrogen-bond donors (Lipinski definition) is 2. The van der Waals surface area contributed by atoms with Crippen LogP contribution < -0.4 is 5.32 Å². The van der Waals surface area contributed by atoms with E-state index in [9.17, 15) is 18.3 Å². The molecule has 0 radical (unpaired) electrons. The summed E-state index contributed by atoms with van der Waals surface area (Å²) in [5.41, 5.74) is 0.183.